The van der Waals surface area contributed by atoms with Gasteiger partial charge in [-0.1, -0.05) is 13.8 Å². The first-order valence-corrected chi connectivity index (χ1v) is 8.57. The number of nitro groups is 1. The number of benzene rings is 1. The molecule has 0 saturated carbocycles. The van der Waals surface area contributed by atoms with Gasteiger partial charge in [0.05, 0.1) is 23.3 Å². The summed E-state index contributed by atoms with van der Waals surface area (Å²) in [7, 11) is 1.51. The van der Waals surface area contributed by atoms with Crippen molar-refractivity contribution in [1.82, 2.24) is 0 Å². The van der Waals surface area contributed by atoms with Crippen molar-refractivity contribution in [3.05, 3.63) is 34.1 Å². The molecular weight excluding hydrogens is 325 g/mol. The van der Waals surface area contributed by atoms with Crippen LogP contribution in [0.2, 0.25) is 0 Å². The van der Waals surface area contributed by atoms with E-state index in [0.717, 1.165) is 18.2 Å². The Labute approximate surface area is 126 Å². The minimum atomic E-state index is -3.71. The van der Waals surface area contributed by atoms with E-state index in [1.54, 1.807) is 13.8 Å². The van der Waals surface area contributed by atoms with E-state index in [2.05, 4.69) is 0 Å². The largest absolute Gasteiger partial charge is 0.486 e. The van der Waals surface area contributed by atoms with Gasteiger partial charge in [0, 0.05) is 16.6 Å². The minimum absolute atomic E-state index is 0.0574. The first kappa shape index (κ1) is 17.6. The zero-order valence-electron chi connectivity index (χ0n) is 11.5. The van der Waals surface area contributed by atoms with Crippen LogP contribution in [0.3, 0.4) is 0 Å². The van der Waals surface area contributed by atoms with Crippen LogP contribution >= 0.6 is 10.7 Å². The molecule has 0 heterocycles. The standard InChI is InChI=1S/C12H15ClFNO5S/c1-8(2)9(7-21(13,18)19)6-20-12-4-3-10(14)5-11(12)15(16)17/h3-5,8-9H,6-7H2,1-2H3. The summed E-state index contributed by atoms with van der Waals surface area (Å²) in [5, 5.41) is 10.8. The molecule has 9 heteroatoms. The number of hydrogen-bond donors (Lipinski definition) is 0. The molecule has 1 atom stereocenters. The lowest BCUT2D eigenvalue weighted by molar-refractivity contribution is -0.386. The van der Waals surface area contributed by atoms with Gasteiger partial charge in [0.2, 0.25) is 9.05 Å². The first-order chi connectivity index (χ1) is 9.60. The zero-order valence-corrected chi connectivity index (χ0v) is 13.0. The molecule has 0 spiro atoms. The number of rotatable bonds is 7. The quantitative estimate of drug-likeness (QED) is 0.433. The molecular formula is C12H15ClFNO5S. The highest BCUT2D eigenvalue weighted by Gasteiger charge is 2.23. The third-order valence-corrected chi connectivity index (χ3v) is 4.13. The number of hydrogen-bond acceptors (Lipinski definition) is 5. The third kappa shape index (κ3) is 5.84. The van der Waals surface area contributed by atoms with Gasteiger partial charge in [-0.15, -0.1) is 0 Å². The molecule has 0 aromatic heterocycles. The second-order valence-electron chi connectivity index (χ2n) is 4.89. The Morgan fingerprint density at radius 1 is 1.43 bits per heavy atom. The predicted molar refractivity (Wildman–Crippen MR) is 76.5 cm³/mol. The number of nitro benzene ring substituents is 1. The molecule has 118 valence electrons. The summed E-state index contributed by atoms with van der Waals surface area (Å²) < 4.78 is 40.6. The SMILES string of the molecule is CC(C)C(COc1ccc(F)cc1[N+](=O)[O-])CS(=O)(=O)Cl. The van der Waals surface area contributed by atoms with Gasteiger partial charge in [-0.25, -0.2) is 12.8 Å². The van der Waals surface area contributed by atoms with Crippen molar-refractivity contribution in [2.45, 2.75) is 13.8 Å². The van der Waals surface area contributed by atoms with Crippen molar-refractivity contribution in [2.24, 2.45) is 11.8 Å². The Bertz CT molecular complexity index is 620. The second-order valence-corrected chi connectivity index (χ2v) is 7.71. The Morgan fingerprint density at radius 3 is 2.52 bits per heavy atom. The molecule has 6 nitrogen and oxygen atoms in total. The van der Waals surface area contributed by atoms with E-state index < -0.39 is 31.4 Å². The van der Waals surface area contributed by atoms with Gasteiger partial charge in [0.1, 0.15) is 5.82 Å². The Kier molecular flexibility index (Phi) is 5.91. The van der Waals surface area contributed by atoms with E-state index in [0.29, 0.717) is 0 Å². The fourth-order valence-electron chi connectivity index (χ4n) is 1.64. The van der Waals surface area contributed by atoms with Crippen LogP contribution in [0.5, 0.6) is 5.75 Å². The highest BCUT2D eigenvalue weighted by Crippen LogP contribution is 2.28. The van der Waals surface area contributed by atoms with Gasteiger partial charge in [-0.3, -0.25) is 10.1 Å². The second kappa shape index (κ2) is 7.04. The molecule has 0 fully saturated rings. The molecule has 1 aromatic rings. The van der Waals surface area contributed by atoms with Crippen molar-refractivity contribution in [1.29, 1.82) is 0 Å². The first-order valence-electron chi connectivity index (χ1n) is 6.09. The predicted octanol–water partition coefficient (Wildman–Crippen LogP) is 2.95. The van der Waals surface area contributed by atoms with Crippen LogP contribution in [-0.2, 0) is 9.05 Å². The molecule has 0 aliphatic rings. The summed E-state index contributed by atoms with van der Waals surface area (Å²) in [4.78, 5) is 10.1. The number of halogens is 2. The maximum atomic E-state index is 13.0. The van der Waals surface area contributed by atoms with E-state index in [9.17, 15) is 22.9 Å². The lowest BCUT2D eigenvalue weighted by Gasteiger charge is -2.19. The van der Waals surface area contributed by atoms with E-state index in [1.165, 1.54) is 0 Å². The summed E-state index contributed by atoms with van der Waals surface area (Å²) in [5.74, 6) is -1.66. The van der Waals surface area contributed by atoms with Gasteiger partial charge in [-0.2, -0.15) is 0 Å². The van der Waals surface area contributed by atoms with Crippen LogP contribution in [-0.4, -0.2) is 25.7 Å². The van der Waals surface area contributed by atoms with Crippen LogP contribution in [0.1, 0.15) is 13.8 Å². The van der Waals surface area contributed by atoms with Gasteiger partial charge in [-0.05, 0) is 18.1 Å². The Morgan fingerprint density at radius 2 is 2.05 bits per heavy atom. The molecule has 0 aliphatic carbocycles. The van der Waals surface area contributed by atoms with Crippen molar-refractivity contribution in [3.63, 3.8) is 0 Å². The number of ether oxygens (including phenoxy) is 1. The zero-order chi connectivity index (χ0) is 16.2. The third-order valence-electron chi connectivity index (χ3n) is 2.93. The van der Waals surface area contributed by atoms with E-state index >= 15 is 0 Å². The van der Waals surface area contributed by atoms with Crippen LogP contribution < -0.4 is 4.74 Å². The summed E-state index contributed by atoms with van der Waals surface area (Å²) in [6, 6.07) is 2.92. The van der Waals surface area contributed by atoms with Gasteiger partial charge < -0.3 is 4.74 Å². The highest BCUT2D eigenvalue weighted by atomic mass is 35.7. The molecule has 1 aromatic carbocycles. The van der Waals surface area contributed by atoms with Crippen LogP contribution in [0.25, 0.3) is 0 Å². The van der Waals surface area contributed by atoms with Crippen molar-refractivity contribution in [3.8, 4) is 5.75 Å². The fourth-order valence-corrected chi connectivity index (χ4v) is 3.12. The Balaban J connectivity index is 2.88. The minimum Gasteiger partial charge on any atom is -0.486 e. The summed E-state index contributed by atoms with van der Waals surface area (Å²) >= 11 is 0. The maximum absolute atomic E-state index is 13.0. The maximum Gasteiger partial charge on any atom is 0.313 e. The van der Waals surface area contributed by atoms with E-state index in [-0.39, 0.29) is 24.0 Å². The van der Waals surface area contributed by atoms with Gasteiger partial charge in [0.15, 0.2) is 5.75 Å². The molecule has 0 amide bonds. The molecule has 1 rings (SSSR count). The van der Waals surface area contributed by atoms with Crippen LogP contribution in [0.15, 0.2) is 18.2 Å². The summed E-state index contributed by atoms with van der Waals surface area (Å²) in [6.07, 6.45) is 0. The molecule has 0 saturated heterocycles. The summed E-state index contributed by atoms with van der Waals surface area (Å²) in [5.41, 5.74) is -0.508. The van der Waals surface area contributed by atoms with E-state index in [1.807, 2.05) is 0 Å². The molecule has 1 unspecified atom stereocenters. The number of nitrogens with zero attached hydrogens (tertiary/aromatic N) is 1. The summed E-state index contributed by atoms with van der Waals surface area (Å²) in [6.45, 7) is 3.50. The van der Waals surface area contributed by atoms with Crippen molar-refractivity contribution >= 4 is 25.4 Å². The molecule has 0 N–H and O–H groups in total. The van der Waals surface area contributed by atoms with Crippen LogP contribution in [0, 0.1) is 27.8 Å². The molecule has 0 aliphatic heterocycles. The van der Waals surface area contributed by atoms with E-state index in [4.69, 9.17) is 15.4 Å². The van der Waals surface area contributed by atoms with Gasteiger partial charge in [0.25, 0.3) is 0 Å². The smallest absolute Gasteiger partial charge is 0.313 e. The molecule has 0 radical (unpaired) electrons. The Hall–Kier alpha value is -1.41. The monoisotopic (exact) mass is 339 g/mol. The normalized spacial score (nSPS) is 13.2. The van der Waals surface area contributed by atoms with Gasteiger partial charge >= 0.3 is 5.69 Å². The van der Waals surface area contributed by atoms with Crippen LogP contribution in [0.4, 0.5) is 10.1 Å². The average Bonchev–Trinajstić information content (AvgIpc) is 2.33. The van der Waals surface area contributed by atoms with Crippen molar-refractivity contribution < 1.29 is 22.5 Å². The molecule has 0 bridgehead atoms. The molecule has 21 heavy (non-hydrogen) atoms. The highest BCUT2D eigenvalue weighted by molar-refractivity contribution is 8.13. The topological polar surface area (TPSA) is 86.5 Å². The lowest BCUT2D eigenvalue weighted by atomic mass is 9.99. The fraction of sp³-hybridized carbons (Fsp3) is 0.500. The van der Waals surface area contributed by atoms with Crippen molar-refractivity contribution in [2.75, 3.05) is 12.4 Å². The average molecular weight is 340 g/mol. The lowest BCUT2D eigenvalue weighted by Crippen LogP contribution is -2.24.